The van der Waals surface area contributed by atoms with Crippen molar-refractivity contribution in [3.05, 3.63) is 0 Å². The van der Waals surface area contributed by atoms with E-state index in [0.717, 1.165) is 12.8 Å². The summed E-state index contributed by atoms with van der Waals surface area (Å²) in [6, 6.07) is 0.273. The lowest BCUT2D eigenvalue weighted by molar-refractivity contribution is 0.124. The molecule has 2 unspecified atom stereocenters. The van der Waals surface area contributed by atoms with Crippen LogP contribution in [0, 0.1) is 5.92 Å². The molecule has 5 heteroatoms. The molecule has 1 heterocycles. The van der Waals surface area contributed by atoms with E-state index in [9.17, 15) is 8.42 Å². The molecule has 0 aromatic carbocycles. The smallest absolute Gasteiger partial charge is 0.195 e. The lowest BCUT2D eigenvalue weighted by atomic mass is 9.79. The van der Waals surface area contributed by atoms with Crippen molar-refractivity contribution in [2.45, 2.75) is 44.6 Å². The molecule has 0 spiro atoms. The van der Waals surface area contributed by atoms with Gasteiger partial charge in [0, 0.05) is 26.7 Å². The summed E-state index contributed by atoms with van der Waals surface area (Å²) in [6.07, 6.45) is 6.96. The van der Waals surface area contributed by atoms with Crippen LogP contribution in [-0.2, 0) is 10.2 Å². The van der Waals surface area contributed by atoms with Crippen LogP contribution in [0.5, 0.6) is 0 Å². The quantitative estimate of drug-likeness (QED) is 0.740. The van der Waals surface area contributed by atoms with Crippen molar-refractivity contribution in [1.29, 1.82) is 0 Å². The van der Waals surface area contributed by atoms with E-state index in [2.05, 4.69) is 0 Å². The molecule has 94 valence electrons. The van der Waals surface area contributed by atoms with E-state index in [1.54, 1.807) is 18.4 Å². The summed E-state index contributed by atoms with van der Waals surface area (Å²) in [4.78, 5) is 0. The number of hydrogen-bond acceptors (Lipinski definition) is 2. The van der Waals surface area contributed by atoms with Gasteiger partial charge >= 0.3 is 0 Å². The van der Waals surface area contributed by atoms with Crippen molar-refractivity contribution in [2.24, 2.45) is 5.92 Å². The van der Waals surface area contributed by atoms with Gasteiger partial charge in [-0.2, -0.15) is 17.0 Å². The Kier molecular flexibility index (Phi) is 3.56. The number of piperidine rings is 1. The molecule has 0 N–H and O–H groups in total. The predicted molar refractivity (Wildman–Crippen MR) is 64.3 cm³/mol. The first-order chi connectivity index (χ1) is 7.53. The molecule has 0 bridgehead atoms. The van der Waals surface area contributed by atoms with Crippen LogP contribution in [0.4, 0.5) is 0 Å². The molecular weight excluding hydrogens is 224 g/mol. The van der Waals surface area contributed by atoms with Crippen molar-refractivity contribution in [3.8, 4) is 0 Å². The van der Waals surface area contributed by atoms with Gasteiger partial charge in [0.1, 0.15) is 0 Å². The zero-order chi connectivity index (χ0) is 11.8. The van der Waals surface area contributed by atoms with Gasteiger partial charge in [-0.1, -0.05) is 12.8 Å². The Morgan fingerprint density at radius 2 is 1.69 bits per heavy atom. The fraction of sp³-hybridized carbons (Fsp3) is 1.00. The summed E-state index contributed by atoms with van der Waals surface area (Å²) in [6.45, 7) is 0.710. The standard InChI is InChI=1S/C11H22N2O2S/c1-12(2)16(14,15)13-9-5-7-10-6-3-4-8-11(10)13/h10-11H,3-9H2,1-2H3. The maximum Gasteiger partial charge on any atom is 0.281 e. The van der Waals surface area contributed by atoms with E-state index in [0.29, 0.717) is 12.5 Å². The molecule has 0 aromatic rings. The average molecular weight is 246 g/mol. The molecular formula is C11H22N2O2S. The molecule has 1 aliphatic carbocycles. The van der Waals surface area contributed by atoms with E-state index < -0.39 is 10.2 Å². The summed E-state index contributed by atoms with van der Waals surface area (Å²) in [5.74, 6) is 0.609. The minimum Gasteiger partial charge on any atom is -0.195 e. The molecule has 2 rings (SSSR count). The van der Waals surface area contributed by atoms with Crippen molar-refractivity contribution in [3.63, 3.8) is 0 Å². The molecule has 2 aliphatic rings. The highest BCUT2D eigenvalue weighted by atomic mass is 32.2. The Balaban J connectivity index is 2.20. The first-order valence-electron chi connectivity index (χ1n) is 6.23. The monoisotopic (exact) mass is 246 g/mol. The highest BCUT2D eigenvalue weighted by Gasteiger charge is 2.39. The highest BCUT2D eigenvalue weighted by molar-refractivity contribution is 7.86. The molecule has 1 saturated carbocycles. The van der Waals surface area contributed by atoms with Gasteiger partial charge in [0.25, 0.3) is 10.2 Å². The third kappa shape index (κ3) is 2.13. The Bertz CT molecular complexity index is 338. The van der Waals surface area contributed by atoms with Crippen LogP contribution in [0.1, 0.15) is 38.5 Å². The largest absolute Gasteiger partial charge is 0.281 e. The lowest BCUT2D eigenvalue weighted by Gasteiger charge is -2.43. The second-order valence-corrected chi connectivity index (χ2v) is 7.25. The van der Waals surface area contributed by atoms with Crippen LogP contribution in [0.15, 0.2) is 0 Å². The maximum atomic E-state index is 12.2. The predicted octanol–water partition coefficient (Wildman–Crippen LogP) is 1.45. The van der Waals surface area contributed by atoms with Crippen LogP contribution in [-0.4, -0.2) is 43.7 Å². The van der Waals surface area contributed by atoms with Crippen molar-refractivity contribution in [1.82, 2.24) is 8.61 Å². The van der Waals surface area contributed by atoms with Gasteiger partial charge in [-0.3, -0.25) is 0 Å². The number of hydrogen-bond donors (Lipinski definition) is 0. The highest BCUT2D eigenvalue weighted by Crippen LogP contribution is 2.36. The van der Waals surface area contributed by atoms with Crippen LogP contribution in [0.3, 0.4) is 0 Å². The van der Waals surface area contributed by atoms with E-state index >= 15 is 0 Å². The molecule has 2 fully saturated rings. The van der Waals surface area contributed by atoms with Crippen LogP contribution in [0.25, 0.3) is 0 Å². The normalized spacial score (nSPS) is 32.7. The molecule has 1 aliphatic heterocycles. The van der Waals surface area contributed by atoms with Gasteiger partial charge < -0.3 is 0 Å². The number of rotatable bonds is 2. The summed E-state index contributed by atoms with van der Waals surface area (Å²) in [5, 5.41) is 0. The fourth-order valence-electron chi connectivity index (χ4n) is 3.08. The SMILES string of the molecule is CN(C)S(=O)(=O)N1CCCC2CCCCC21. The fourth-order valence-corrected chi connectivity index (χ4v) is 4.47. The van der Waals surface area contributed by atoms with Crippen molar-refractivity contribution in [2.75, 3.05) is 20.6 Å². The second kappa shape index (κ2) is 4.63. The van der Waals surface area contributed by atoms with Gasteiger partial charge in [0.15, 0.2) is 0 Å². The van der Waals surface area contributed by atoms with Crippen molar-refractivity contribution >= 4 is 10.2 Å². The molecule has 1 saturated heterocycles. The van der Waals surface area contributed by atoms with E-state index in [-0.39, 0.29) is 6.04 Å². The van der Waals surface area contributed by atoms with Crippen LogP contribution < -0.4 is 0 Å². The van der Waals surface area contributed by atoms with Gasteiger partial charge in [0.2, 0.25) is 0 Å². The Labute approximate surface area is 98.8 Å². The van der Waals surface area contributed by atoms with Gasteiger partial charge in [-0.15, -0.1) is 0 Å². The summed E-state index contributed by atoms with van der Waals surface area (Å²) < 4.78 is 27.5. The Hall–Kier alpha value is -0.130. The topological polar surface area (TPSA) is 40.6 Å². The molecule has 0 amide bonds. The van der Waals surface area contributed by atoms with Crippen LogP contribution in [0.2, 0.25) is 0 Å². The van der Waals surface area contributed by atoms with E-state index in [1.165, 1.54) is 30.0 Å². The first-order valence-corrected chi connectivity index (χ1v) is 7.62. The van der Waals surface area contributed by atoms with E-state index in [4.69, 9.17) is 0 Å². The zero-order valence-corrected chi connectivity index (χ0v) is 11.0. The van der Waals surface area contributed by atoms with E-state index in [1.807, 2.05) is 0 Å². The summed E-state index contributed by atoms with van der Waals surface area (Å²) >= 11 is 0. The molecule has 4 nitrogen and oxygen atoms in total. The molecule has 16 heavy (non-hydrogen) atoms. The van der Waals surface area contributed by atoms with Gasteiger partial charge in [-0.25, -0.2) is 0 Å². The van der Waals surface area contributed by atoms with Crippen molar-refractivity contribution < 1.29 is 8.42 Å². The average Bonchev–Trinajstić information content (AvgIpc) is 2.28. The van der Waals surface area contributed by atoms with Gasteiger partial charge in [-0.05, 0) is 31.6 Å². The third-order valence-corrected chi connectivity index (χ3v) is 5.92. The summed E-state index contributed by atoms with van der Waals surface area (Å²) in [7, 11) is 0.0498. The summed E-state index contributed by atoms with van der Waals surface area (Å²) in [5.41, 5.74) is 0. The molecule has 2 atom stereocenters. The maximum absolute atomic E-state index is 12.2. The zero-order valence-electron chi connectivity index (χ0n) is 10.2. The number of fused-ring (bicyclic) bond motifs is 1. The third-order valence-electron chi connectivity index (χ3n) is 3.95. The molecule has 0 aromatic heterocycles. The van der Waals surface area contributed by atoms with Crippen LogP contribution >= 0.6 is 0 Å². The lowest BCUT2D eigenvalue weighted by Crippen LogP contribution is -2.52. The Morgan fingerprint density at radius 1 is 1.06 bits per heavy atom. The first kappa shape index (κ1) is 12.3. The van der Waals surface area contributed by atoms with Gasteiger partial charge in [0.05, 0.1) is 0 Å². The minimum absolute atomic E-state index is 0.273. The minimum atomic E-state index is -3.20. The second-order valence-electron chi connectivity index (χ2n) is 5.15. The molecule has 0 radical (unpaired) electrons. The number of nitrogens with zero attached hydrogens (tertiary/aromatic N) is 2. The Morgan fingerprint density at radius 3 is 2.38 bits per heavy atom.